The van der Waals surface area contributed by atoms with Crippen LogP contribution in [0.2, 0.25) is 0 Å². The Morgan fingerprint density at radius 3 is 2.76 bits per heavy atom. The van der Waals surface area contributed by atoms with Crippen LogP contribution in [0.5, 0.6) is 0 Å². The number of ether oxygens (including phenoxy) is 1. The van der Waals surface area contributed by atoms with Crippen molar-refractivity contribution in [3.63, 3.8) is 0 Å². The van der Waals surface area contributed by atoms with E-state index in [1.54, 1.807) is 6.92 Å². The molecular weight excluding hydrogens is 290 g/mol. The van der Waals surface area contributed by atoms with Crippen molar-refractivity contribution in [1.82, 2.24) is 0 Å². The van der Waals surface area contributed by atoms with E-state index in [4.69, 9.17) is 10.5 Å². The Labute approximate surface area is 127 Å². The van der Waals surface area contributed by atoms with Crippen LogP contribution in [0.3, 0.4) is 0 Å². The van der Waals surface area contributed by atoms with Crippen molar-refractivity contribution in [1.29, 1.82) is 5.26 Å². The van der Waals surface area contributed by atoms with Crippen LogP contribution in [0.25, 0.3) is 0 Å². The Balaban J connectivity index is 2.17. The minimum atomic E-state index is -0.497. The number of thiophene rings is 1. The van der Waals surface area contributed by atoms with Crippen molar-refractivity contribution in [2.45, 2.75) is 44.8 Å². The van der Waals surface area contributed by atoms with Gasteiger partial charge in [0.25, 0.3) is 0 Å². The van der Waals surface area contributed by atoms with Crippen LogP contribution in [0.1, 0.15) is 47.8 Å². The van der Waals surface area contributed by atoms with E-state index in [9.17, 15) is 15.2 Å². The Bertz CT molecular complexity index is 557. The van der Waals surface area contributed by atoms with Crippen LogP contribution >= 0.6 is 11.3 Å². The van der Waals surface area contributed by atoms with Crippen molar-refractivity contribution in [3.05, 3.63) is 10.4 Å². The highest BCUT2D eigenvalue weighted by Gasteiger charge is 2.25. The summed E-state index contributed by atoms with van der Waals surface area (Å²) < 4.78 is 4.95. The van der Waals surface area contributed by atoms with E-state index in [0.29, 0.717) is 10.6 Å². The highest BCUT2D eigenvalue weighted by Crippen LogP contribution is 2.37. The molecule has 114 valence electrons. The molecule has 0 amide bonds. The number of nitrogens with one attached hydrogen (secondary N) is 1. The topological polar surface area (TPSA) is 108 Å². The number of nitrogens with two attached hydrogens (primary N) is 1. The molecule has 1 saturated carbocycles. The van der Waals surface area contributed by atoms with E-state index in [-0.39, 0.29) is 29.3 Å². The third-order valence-electron chi connectivity index (χ3n) is 3.55. The predicted molar refractivity (Wildman–Crippen MR) is 81.3 cm³/mol. The van der Waals surface area contributed by atoms with Crippen LogP contribution in [0, 0.1) is 11.3 Å². The molecule has 21 heavy (non-hydrogen) atoms. The van der Waals surface area contributed by atoms with Gasteiger partial charge in [-0.3, -0.25) is 0 Å². The molecule has 0 atom stereocenters. The first-order valence-electron chi connectivity index (χ1n) is 7.00. The molecule has 0 radical (unpaired) electrons. The molecular formula is C14H19N3O3S. The Morgan fingerprint density at radius 1 is 1.52 bits per heavy atom. The second kappa shape index (κ2) is 6.78. The van der Waals surface area contributed by atoms with E-state index < -0.39 is 5.97 Å². The lowest BCUT2D eigenvalue weighted by Gasteiger charge is -2.26. The van der Waals surface area contributed by atoms with Crippen molar-refractivity contribution >= 4 is 28.0 Å². The lowest BCUT2D eigenvalue weighted by atomic mass is 9.93. The maximum Gasteiger partial charge on any atom is 0.350 e. The first-order valence-corrected chi connectivity index (χ1v) is 7.82. The fourth-order valence-electron chi connectivity index (χ4n) is 2.41. The largest absolute Gasteiger partial charge is 0.462 e. The summed E-state index contributed by atoms with van der Waals surface area (Å²) in [7, 11) is 0. The number of nitriles is 1. The first kappa shape index (κ1) is 15.6. The number of nitrogens with zero attached hydrogens (tertiary/aromatic N) is 1. The molecule has 0 aliphatic heterocycles. The van der Waals surface area contributed by atoms with Gasteiger partial charge in [0.05, 0.1) is 18.4 Å². The minimum Gasteiger partial charge on any atom is -0.462 e. The third kappa shape index (κ3) is 3.46. The van der Waals surface area contributed by atoms with Gasteiger partial charge >= 0.3 is 5.97 Å². The third-order valence-corrected chi connectivity index (χ3v) is 4.67. The zero-order valence-electron chi connectivity index (χ0n) is 11.9. The predicted octanol–water partition coefficient (Wildman–Crippen LogP) is 2.09. The van der Waals surface area contributed by atoms with Gasteiger partial charge in [-0.1, -0.05) is 0 Å². The number of rotatable bonds is 4. The molecule has 7 heteroatoms. The Hall–Kier alpha value is -1.78. The van der Waals surface area contributed by atoms with Crippen molar-refractivity contribution in [2.24, 2.45) is 0 Å². The molecule has 1 aromatic heterocycles. The molecule has 1 aliphatic rings. The fraction of sp³-hybridized carbons (Fsp3) is 0.571. The van der Waals surface area contributed by atoms with Crippen LogP contribution < -0.4 is 11.1 Å². The zero-order valence-corrected chi connectivity index (χ0v) is 12.7. The van der Waals surface area contributed by atoms with Gasteiger partial charge in [-0.25, -0.2) is 4.79 Å². The minimum absolute atomic E-state index is 0.180. The monoisotopic (exact) mass is 309 g/mol. The number of anilines is 2. The smallest absolute Gasteiger partial charge is 0.350 e. The molecule has 0 bridgehead atoms. The molecule has 0 unspecified atom stereocenters. The van der Waals surface area contributed by atoms with Gasteiger partial charge in [0.15, 0.2) is 0 Å². The Morgan fingerprint density at radius 2 is 2.19 bits per heavy atom. The number of nitrogen functional groups attached to an aromatic ring is 1. The van der Waals surface area contributed by atoms with Gasteiger partial charge < -0.3 is 20.9 Å². The van der Waals surface area contributed by atoms with Crippen LogP contribution in [-0.2, 0) is 4.74 Å². The second-order valence-corrected chi connectivity index (χ2v) is 6.05. The number of hydrogen-bond donors (Lipinski definition) is 3. The Kier molecular flexibility index (Phi) is 5.04. The van der Waals surface area contributed by atoms with Gasteiger partial charge in [-0.05, 0) is 32.6 Å². The maximum atomic E-state index is 11.8. The average molecular weight is 309 g/mol. The summed E-state index contributed by atoms with van der Waals surface area (Å²) in [5.41, 5.74) is 6.36. The number of hydrogen-bond acceptors (Lipinski definition) is 7. The van der Waals surface area contributed by atoms with Crippen LogP contribution in [-0.4, -0.2) is 29.8 Å². The highest BCUT2D eigenvalue weighted by molar-refractivity contribution is 7.18. The van der Waals surface area contributed by atoms with Crippen LogP contribution in [0.4, 0.5) is 10.7 Å². The molecule has 1 fully saturated rings. The number of esters is 1. The van der Waals surface area contributed by atoms with E-state index in [1.165, 1.54) is 0 Å². The summed E-state index contributed by atoms with van der Waals surface area (Å²) in [6.07, 6.45) is 2.91. The lowest BCUT2D eigenvalue weighted by Crippen LogP contribution is -2.28. The summed E-state index contributed by atoms with van der Waals surface area (Å²) in [4.78, 5) is 12.1. The zero-order chi connectivity index (χ0) is 15.4. The molecule has 0 aromatic carbocycles. The summed E-state index contributed by atoms with van der Waals surface area (Å²) in [5, 5.41) is 22.6. The maximum absolute atomic E-state index is 11.8. The SMILES string of the molecule is CCOC(=O)c1sc(NC2CCC(O)CC2)c(C#N)c1N. The van der Waals surface area contributed by atoms with Crippen molar-refractivity contribution in [3.8, 4) is 6.07 Å². The summed E-state index contributed by atoms with van der Waals surface area (Å²) in [5.74, 6) is -0.497. The van der Waals surface area contributed by atoms with Crippen molar-refractivity contribution in [2.75, 3.05) is 17.7 Å². The van der Waals surface area contributed by atoms with Gasteiger partial charge in [0, 0.05) is 6.04 Å². The van der Waals surface area contributed by atoms with E-state index >= 15 is 0 Å². The molecule has 4 N–H and O–H groups in total. The quantitative estimate of drug-likeness (QED) is 0.735. The molecule has 1 aliphatic carbocycles. The summed E-state index contributed by atoms with van der Waals surface area (Å²) >= 11 is 1.16. The van der Waals surface area contributed by atoms with Gasteiger partial charge in [-0.15, -0.1) is 11.3 Å². The number of carbonyl (C=O) groups excluding carboxylic acids is 1. The molecule has 6 nitrogen and oxygen atoms in total. The number of carbonyl (C=O) groups is 1. The van der Waals surface area contributed by atoms with Gasteiger partial charge in [0.2, 0.25) is 0 Å². The van der Waals surface area contributed by atoms with Crippen LogP contribution in [0.15, 0.2) is 0 Å². The molecule has 0 saturated heterocycles. The normalized spacial score (nSPS) is 21.6. The van der Waals surface area contributed by atoms with Gasteiger partial charge in [-0.2, -0.15) is 5.26 Å². The van der Waals surface area contributed by atoms with Crippen molar-refractivity contribution < 1.29 is 14.6 Å². The highest BCUT2D eigenvalue weighted by atomic mass is 32.1. The second-order valence-electron chi connectivity index (χ2n) is 5.03. The van der Waals surface area contributed by atoms with E-state index in [0.717, 1.165) is 37.0 Å². The molecule has 2 rings (SSSR count). The summed E-state index contributed by atoms with van der Waals surface area (Å²) in [6.45, 7) is 1.99. The molecule has 0 spiro atoms. The molecule has 1 aromatic rings. The lowest BCUT2D eigenvalue weighted by molar-refractivity contribution is 0.0533. The summed E-state index contributed by atoms with van der Waals surface area (Å²) in [6, 6.07) is 2.23. The fourth-order valence-corrected chi connectivity index (χ4v) is 3.45. The molecule has 1 heterocycles. The van der Waals surface area contributed by atoms with Gasteiger partial charge in [0.1, 0.15) is 21.5 Å². The average Bonchev–Trinajstić information content (AvgIpc) is 2.78. The first-order chi connectivity index (χ1) is 10.1. The van der Waals surface area contributed by atoms with E-state index in [1.807, 2.05) is 6.07 Å². The standard InChI is InChI=1S/C14H19N3O3S/c1-2-20-14(19)12-11(16)10(7-15)13(21-12)17-8-3-5-9(18)6-4-8/h8-9,17-18H,2-6,16H2,1H3. The number of aliphatic hydroxyl groups is 1. The van der Waals surface area contributed by atoms with E-state index in [2.05, 4.69) is 5.32 Å². The number of aliphatic hydroxyl groups excluding tert-OH is 1.